The van der Waals surface area contributed by atoms with Crippen LogP contribution in [0.5, 0.6) is 0 Å². The Bertz CT molecular complexity index is 1220. The van der Waals surface area contributed by atoms with Gasteiger partial charge in [0.2, 0.25) is 0 Å². The number of rotatable bonds is 3. The molecular formula is C27H28F3N3O2S. The van der Waals surface area contributed by atoms with Gasteiger partial charge in [0.1, 0.15) is 5.82 Å². The van der Waals surface area contributed by atoms with Gasteiger partial charge in [-0.05, 0) is 66.3 Å². The van der Waals surface area contributed by atoms with E-state index in [-0.39, 0.29) is 11.7 Å². The fourth-order valence-corrected chi connectivity index (χ4v) is 5.97. The molecule has 1 aromatic heterocycles. The van der Waals surface area contributed by atoms with Gasteiger partial charge in [0.05, 0.1) is 16.4 Å². The van der Waals surface area contributed by atoms with Gasteiger partial charge in [0, 0.05) is 28.5 Å². The van der Waals surface area contributed by atoms with E-state index in [1.54, 1.807) is 0 Å². The van der Waals surface area contributed by atoms with E-state index in [0.717, 1.165) is 58.5 Å². The van der Waals surface area contributed by atoms with Crippen LogP contribution in [-0.4, -0.2) is 26.9 Å². The van der Waals surface area contributed by atoms with E-state index in [0.29, 0.717) is 18.0 Å². The standard InChI is InChI=1S/C21H23NO2S.C6H5F3N2/c23-21-20-14-17(7-6-16(20)12-13-22-21)15-8-10-19(11-9-15)25(24)18-4-2-1-3-5-18;7-6(8,9)4-1-2-5(10)11-3-4/h6-11,14,18H,1-5,12-13H2,(H,22,23);1-3H,(H2,10,11). The second-order valence-corrected chi connectivity index (χ2v) is 10.7. The predicted molar refractivity (Wildman–Crippen MR) is 135 cm³/mol. The summed E-state index contributed by atoms with van der Waals surface area (Å²) in [6.07, 6.45) is 3.09. The summed E-state index contributed by atoms with van der Waals surface area (Å²) in [6, 6.07) is 16.1. The van der Waals surface area contributed by atoms with Crippen molar-refractivity contribution in [1.82, 2.24) is 10.3 Å². The predicted octanol–water partition coefficient (Wildman–Crippen LogP) is 5.76. The fraction of sp³-hybridized carbons (Fsp3) is 0.333. The highest BCUT2D eigenvalue weighted by Gasteiger charge is 2.30. The lowest BCUT2D eigenvalue weighted by Gasteiger charge is -2.21. The summed E-state index contributed by atoms with van der Waals surface area (Å²) in [5, 5.41) is 3.21. The number of nitrogens with one attached hydrogen (secondary N) is 1. The van der Waals surface area contributed by atoms with Crippen molar-refractivity contribution in [3.8, 4) is 11.1 Å². The zero-order valence-electron chi connectivity index (χ0n) is 19.7. The summed E-state index contributed by atoms with van der Waals surface area (Å²) in [5.41, 5.74) is 8.29. The van der Waals surface area contributed by atoms with E-state index < -0.39 is 22.5 Å². The number of amides is 1. The molecule has 1 atom stereocenters. The van der Waals surface area contributed by atoms with Crippen molar-refractivity contribution < 1.29 is 22.2 Å². The van der Waals surface area contributed by atoms with Crippen molar-refractivity contribution in [3.05, 3.63) is 77.5 Å². The third-order valence-corrected chi connectivity index (χ3v) is 8.24. The zero-order chi connectivity index (χ0) is 25.7. The number of benzene rings is 2. The Kier molecular flexibility index (Phi) is 8.08. The molecule has 0 radical (unpaired) electrons. The molecule has 5 nitrogen and oxygen atoms in total. The molecule has 3 N–H and O–H groups in total. The van der Waals surface area contributed by atoms with Gasteiger partial charge in [-0.15, -0.1) is 0 Å². The van der Waals surface area contributed by atoms with Crippen LogP contribution in [0.3, 0.4) is 0 Å². The second-order valence-electron chi connectivity index (χ2n) is 8.93. The molecule has 1 aliphatic heterocycles. The minimum atomic E-state index is -4.33. The SMILES string of the molecule is Nc1ccc(C(F)(F)F)cn1.O=C1NCCc2ccc(-c3ccc(S(=O)C4CCCCC4)cc3)cc21. The molecule has 1 saturated carbocycles. The Morgan fingerprint density at radius 1 is 0.944 bits per heavy atom. The second kappa shape index (κ2) is 11.2. The summed E-state index contributed by atoms with van der Waals surface area (Å²) >= 11 is 0. The Morgan fingerprint density at radius 2 is 1.64 bits per heavy atom. The molecule has 1 aliphatic carbocycles. The van der Waals surface area contributed by atoms with Gasteiger partial charge >= 0.3 is 6.18 Å². The maximum Gasteiger partial charge on any atom is 0.417 e. The topological polar surface area (TPSA) is 85.1 Å². The number of alkyl halides is 3. The Labute approximate surface area is 210 Å². The molecule has 0 saturated heterocycles. The van der Waals surface area contributed by atoms with Crippen molar-refractivity contribution in [2.24, 2.45) is 0 Å². The normalized spacial score (nSPS) is 16.8. The molecule has 2 heterocycles. The number of fused-ring (bicyclic) bond motifs is 1. The monoisotopic (exact) mass is 515 g/mol. The lowest BCUT2D eigenvalue weighted by Crippen LogP contribution is -2.31. The number of halogens is 3. The lowest BCUT2D eigenvalue weighted by atomic mass is 9.95. The first-order valence-electron chi connectivity index (χ1n) is 11.9. The molecule has 9 heteroatoms. The van der Waals surface area contributed by atoms with Crippen LogP contribution in [0.1, 0.15) is 53.6 Å². The molecule has 0 bridgehead atoms. The summed E-state index contributed by atoms with van der Waals surface area (Å²) in [6.45, 7) is 0.715. The van der Waals surface area contributed by atoms with E-state index in [9.17, 15) is 22.2 Å². The number of nitrogens with zero attached hydrogens (tertiary/aromatic N) is 1. The van der Waals surface area contributed by atoms with E-state index in [2.05, 4.69) is 22.4 Å². The molecular weight excluding hydrogens is 487 g/mol. The van der Waals surface area contributed by atoms with Crippen LogP contribution in [0, 0.1) is 0 Å². The highest BCUT2D eigenvalue weighted by atomic mass is 32.2. The van der Waals surface area contributed by atoms with Crippen molar-refractivity contribution in [2.45, 2.75) is 54.8 Å². The van der Waals surface area contributed by atoms with Crippen LogP contribution in [0.4, 0.5) is 19.0 Å². The first kappa shape index (κ1) is 25.9. The van der Waals surface area contributed by atoms with E-state index in [1.165, 1.54) is 19.3 Å². The maximum absolute atomic E-state index is 12.7. The van der Waals surface area contributed by atoms with Crippen LogP contribution < -0.4 is 11.1 Å². The van der Waals surface area contributed by atoms with E-state index >= 15 is 0 Å². The molecule has 0 spiro atoms. The molecule has 2 aliphatic rings. The fourth-order valence-electron chi connectivity index (χ4n) is 4.42. The lowest BCUT2D eigenvalue weighted by molar-refractivity contribution is -0.137. The Balaban J connectivity index is 0.000000233. The van der Waals surface area contributed by atoms with Crippen molar-refractivity contribution in [2.75, 3.05) is 12.3 Å². The molecule has 1 fully saturated rings. The number of hydrogen-bond acceptors (Lipinski definition) is 4. The van der Waals surface area contributed by atoms with E-state index in [1.807, 2.05) is 30.3 Å². The molecule has 190 valence electrons. The maximum atomic E-state index is 12.7. The minimum absolute atomic E-state index is 0.0122. The van der Waals surface area contributed by atoms with Gasteiger partial charge in [-0.2, -0.15) is 13.2 Å². The number of carbonyl (C=O) groups is 1. The summed E-state index contributed by atoms with van der Waals surface area (Å²) in [7, 11) is -0.906. The Morgan fingerprint density at radius 3 is 2.28 bits per heavy atom. The summed E-state index contributed by atoms with van der Waals surface area (Å²) in [4.78, 5) is 16.3. The molecule has 1 unspecified atom stereocenters. The molecule has 3 aromatic rings. The summed E-state index contributed by atoms with van der Waals surface area (Å²) < 4.78 is 48.3. The van der Waals surface area contributed by atoms with Gasteiger partial charge in [-0.1, -0.05) is 43.5 Å². The molecule has 5 rings (SSSR count). The average Bonchev–Trinajstić information content (AvgIpc) is 2.89. The molecule has 36 heavy (non-hydrogen) atoms. The van der Waals surface area contributed by atoms with Gasteiger partial charge in [0.25, 0.3) is 5.91 Å². The van der Waals surface area contributed by atoms with Gasteiger partial charge < -0.3 is 11.1 Å². The summed E-state index contributed by atoms with van der Waals surface area (Å²) in [5.74, 6) is 0.0936. The quantitative estimate of drug-likeness (QED) is 0.464. The van der Waals surface area contributed by atoms with Gasteiger partial charge in [0.15, 0.2) is 0 Å². The van der Waals surface area contributed by atoms with Crippen LogP contribution in [0.2, 0.25) is 0 Å². The average molecular weight is 516 g/mol. The minimum Gasteiger partial charge on any atom is -0.384 e. The smallest absolute Gasteiger partial charge is 0.384 e. The number of anilines is 1. The number of pyridine rings is 1. The van der Waals surface area contributed by atoms with Gasteiger partial charge in [-0.25, -0.2) is 4.98 Å². The number of nitrogens with two attached hydrogens (primary N) is 1. The van der Waals surface area contributed by atoms with Crippen LogP contribution in [-0.2, 0) is 23.4 Å². The highest BCUT2D eigenvalue weighted by Crippen LogP contribution is 2.29. The first-order valence-corrected chi connectivity index (χ1v) is 13.1. The van der Waals surface area contributed by atoms with Crippen LogP contribution >= 0.6 is 0 Å². The van der Waals surface area contributed by atoms with Crippen molar-refractivity contribution in [3.63, 3.8) is 0 Å². The highest BCUT2D eigenvalue weighted by molar-refractivity contribution is 7.85. The molecule has 2 aromatic carbocycles. The largest absolute Gasteiger partial charge is 0.417 e. The third-order valence-electron chi connectivity index (χ3n) is 6.42. The number of aromatic nitrogens is 1. The van der Waals surface area contributed by atoms with Crippen LogP contribution in [0.15, 0.2) is 65.7 Å². The van der Waals surface area contributed by atoms with Crippen LogP contribution in [0.25, 0.3) is 11.1 Å². The first-order chi connectivity index (χ1) is 17.2. The number of hydrogen-bond donors (Lipinski definition) is 2. The zero-order valence-corrected chi connectivity index (χ0v) is 20.5. The number of nitrogen functional groups attached to an aromatic ring is 1. The molecule has 1 amide bonds. The van der Waals surface area contributed by atoms with Crippen molar-refractivity contribution in [1.29, 1.82) is 0 Å². The number of carbonyl (C=O) groups excluding carboxylic acids is 1. The Hall–Kier alpha value is -3.20. The van der Waals surface area contributed by atoms with Crippen molar-refractivity contribution >= 4 is 22.5 Å². The van der Waals surface area contributed by atoms with E-state index in [4.69, 9.17) is 5.73 Å². The third kappa shape index (κ3) is 6.32. The van der Waals surface area contributed by atoms with Gasteiger partial charge in [-0.3, -0.25) is 9.00 Å².